The van der Waals surface area contributed by atoms with Gasteiger partial charge < -0.3 is 15.4 Å². The molecule has 26 heavy (non-hydrogen) atoms. The molecule has 0 atom stereocenters. The molecule has 0 aliphatic rings. The zero-order valence-corrected chi connectivity index (χ0v) is 13.9. The SMILES string of the molecule is COc1ccc(CN/C=C(/C#N)C(=O)Nc2ccccc2[N+](=O)[O-])cc1. The van der Waals surface area contributed by atoms with Crippen LogP contribution in [0, 0.1) is 21.4 Å². The van der Waals surface area contributed by atoms with E-state index < -0.39 is 10.8 Å². The summed E-state index contributed by atoms with van der Waals surface area (Å²) in [5.74, 6) is -0.00475. The van der Waals surface area contributed by atoms with Gasteiger partial charge in [0.05, 0.1) is 12.0 Å². The molecule has 0 bridgehead atoms. The van der Waals surface area contributed by atoms with E-state index in [0.29, 0.717) is 6.54 Å². The zero-order valence-electron chi connectivity index (χ0n) is 13.9. The molecule has 132 valence electrons. The Kier molecular flexibility index (Phi) is 6.28. The summed E-state index contributed by atoms with van der Waals surface area (Å²) in [5, 5.41) is 25.4. The second-order valence-corrected chi connectivity index (χ2v) is 5.13. The van der Waals surface area contributed by atoms with Crippen molar-refractivity contribution < 1.29 is 14.5 Å². The topological polar surface area (TPSA) is 117 Å². The first-order valence-corrected chi connectivity index (χ1v) is 7.56. The summed E-state index contributed by atoms with van der Waals surface area (Å²) >= 11 is 0. The Morgan fingerprint density at radius 2 is 1.96 bits per heavy atom. The molecule has 2 aromatic rings. The first-order chi connectivity index (χ1) is 12.5. The molecule has 0 fully saturated rings. The number of carbonyl (C=O) groups excluding carboxylic acids is 1. The van der Waals surface area contributed by atoms with Crippen molar-refractivity contribution in [2.45, 2.75) is 6.54 Å². The third-order valence-corrected chi connectivity index (χ3v) is 3.43. The lowest BCUT2D eigenvalue weighted by molar-refractivity contribution is -0.383. The van der Waals surface area contributed by atoms with Crippen LogP contribution in [0.1, 0.15) is 5.56 Å². The van der Waals surface area contributed by atoms with Crippen molar-refractivity contribution in [1.82, 2.24) is 5.32 Å². The number of carbonyl (C=O) groups is 1. The van der Waals surface area contributed by atoms with Crippen LogP contribution in [0.5, 0.6) is 5.75 Å². The summed E-state index contributed by atoms with van der Waals surface area (Å²) in [6.45, 7) is 0.397. The number of hydrogen-bond acceptors (Lipinski definition) is 6. The summed E-state index contributed by atoms with van der Waals surface area (Å²) in [7, 11) is 1.57. The van der Waals surface area contributed by atoms with Crippen molar-refractivity contribution in [1.29, 1.82) is 5.26 Å². The Bertz CT molecular complexity index is 870. The minimum absolute atomic E-state index is 0.0267. The third-order valence-electron chi connectivity index (χ3n) is 3.43. The number of benzene rings is 2. The van der Waals surface area contributed by atoms with Gasteiger partial charge in [-0.3, -0.25) is 14.9 Å². The van der Waals surface area contributed by atoms with Gasteiger partial charge in [0.2, 0.25) is 0 Å². The van der Waals surface area contributed by atoms with Gasteiger partial charge in [0.15, 0.2) is 0 Å². The zero-order chi connectivity index (χ0) is 18.9. The maximum Gasteiger partial charge on any atom is 0.292 e. The lowest BCUT2D eigenvalue weighted by atomic mass is 10.2. The van der Waals surface area contributed by atoms with Crippen molar-refractivity contribution in [3.8, 4) is 11.8 Å². The van der Waals surface area contributed by atoms with Crippen LogP contribution in [0.25, 0.3) is 0 Å². The van der Waals surface area contributed by atoms with Crippen LogP contribution in [-0.4, -0.2) is 17.9 Å². The maximum atomic E-state index is 12.2. The van der Waals surface area contributed by atoms with Gasteiger partial charge in [0.25, 0.3) is 11.6 Å². The number of nitrogens with one attached hydrogen (secondary N) is 2. The molecule has 0 saturated heterocycles. The van der Waals surface area contributed by atoms with Crippen LogP contribution in [0.15, 0.2) is 60.3 Å². The summed E-state index contributed by atoms with van der Waals surface area (Å²) in [5.41, 5.74) is 0.512. The number of amides is 1. The molecule has 0 spiro atoms. The minimum Gasteiger partial charge on any atom is -0.497 e. The standard InChI is InChI=1S/C18H16N4O4/c1-26-15-8-6-13(7-9-15)11-20-12-14(10-19)18(23)21-16-4-2-3-5-17(16)22(24)25/h2-9,12,20H,11H2,1H3,(H,21,23)/b14-12-. The average molecular weight is 352 g/mol. The molecular formula is C18H16N4O4. The molecule has 0 radical (unpaired) electrons. The number of methoxy groups -OCH3 is 1. The average Bonchev–Trinajstić information content (AvgIpc) is 2.66. The number of anilines is 1. The highest BCUT2D eigenvalue weighted by molar-refractivity contribution is 6.07. The fourth-order valence-corrected chi connectivity index (χ4v) is 2.09. The van der Waals surface area contributed by atoms with Crippen LogP contribution in [0.3, 0.4) is 0 Å². The highest BCUT2D eigenvalue weighted by atomic mass is 16.6. The van der Waals surface area contributed by atoms with Crippen molar-refractivity contribution in [2.24, 2.45) is 0 Å². The molecular weight excluding hydrogens is 336 g/mol. The molecule has 0 aliphatic heterocycles. The van der Waals surface area contributed by atoms with Gasteiger partial charge in [-0.05, 0) is 23.8 Å². The molecule has 0 heterocycles. The number of rotatable bonds is 7. The van der Waals surface area contributed by atoms with Gasteiger partial charge >= 0.3 is 0 Å². The third kappa shape index (κ3) is 4.82. The van der Waals surface area contributed by atoms with Crippen LogP contribution in [0.2, 0.25) is 0 Å². The Morgan fingerprint density at radius 1 is 1.27 bits per heavy atom. The molecule has 2 aromatic carbocycles. The monoisotopic (exact) mass is 352 g/mol. The predicted octanol–water partition coefficient (Wildman–Crippen LogP) is 2.74. The van der Waals surface area contributed by atoms with E-state index in [0.717, 1.165) is 11.3 Å². The molecule has 0 saturated carbocycles. The van der Waals surface area contributed by atoms with E-state index in [1.807, 2.05) is 12.1 Å². The van der Waals surface area contributed by atoms with E-state index in [9.17, 15) is 14.9 Å². The van der Waals surface area contributed by atoms with E-state index >= 15 is 0 Å². The number of nitriles is 1. The van der Waals surface area contributed by atoms with Crippen molar-refractivity contribution in [3.05, 3.63) is 76.0 Å². The van der Waals surface area contributed by atoms with Gasteiger partial charge in [0.1, 0.15) is 23.1 Å². The summed E-state index contributed by atoms with van der Waals surface area (Å²) in [6.07, 6.45) is 1.27. The molecule has 0 unspecified atom stereocenters. The summed E-state index contributed by atoms with van der Waals surface area (Å²) < 4.78 is 5.07. The van der Waals surface area contributed by atoms with Crippen molar-refractivity contribution in [2.75, 3.05) is 12.4 Å². The van der Waals surface area contributed by atoms with E-state index in [1.165, 1.54) is 24.4 Å². The van der Waals surface area contributed by atoms with Gasteiger partial charge in [-0.15, -0.1) is 0 Å². The Hall–Kier alpha value is -3.86. The first kappa shape index (κ1) is 18.5. The highest BCUT2D eigenvalue weighted by Crippen LogP contribution is 2.23. The number of ether oxygens (including phenoxy) is 1. The molecule has 2 rings (SSSR count). The van der Waals surface area contributed by atoms with Gasteiger partial charge in [-0.25, -0.2) is 0 Å². The lowest BCUT2D eigenvalue weighted by Crippen LogP contribution is -2.17. The summed E-state index contributed by atoms with van der Waals surface area (Å²) in [4.78, 5) is 22.5. The minimum atomic E-state index is -0.732. The first-order valence-electron chi connectivity index (χ1n) is 7.56. The largest absolute Gasteiger partial charge is 0.497 e. The quantitative estimate of drug-likeness (QED) is 0.342. The van der Waals surface area contributed by atoms with Crippen LogP contribution in [-0.2, 0) is 11.3 Å². The maximum absolute atomic E-state index is 12.2. The number of para-hydroxylation sites is 2. The molecule has 0 aromatic heterocycles. The molecule has 1 amide bonds. The van der Waals surface area contributed by atoms with E-state index in [4.69, 9.17) is 10.00 Å². The van der Waals surface area contributed by atoms with E-state index in [1.54, 1.807) is 31.4 Å². The van der Waals surface area contributed by atoms with Crippen LogP contribution < -0.4 is 15.4 Å². The number of nitro groups is 1. The summed E-state index contributed by atoms with van der Waals surface area (Å²) in [6, 6.07) is 14.8. The fraction of sp³-hybridized carbons (Fsp3) is 0.111. The number of nitro benzene ring substituents is 1. The smallest absolute Gasteiger partial charge is 0.292 e. The van der Waals surface area contributed by atoms with Gasteiger partial charge in [-0.2, -0.15) is 5.26 Å². The van der Waals surface area contributed by atoms with Gasteiger partial charge in [-0.1, -0.05) is 24.3 Å². The number of nitrogens with zero attached hydrogens (tertiary/aromatic N) is 2. The van der Waals surface area contributed by atoms with E-state index in [-0.39, 0.29) is 16.9 Å². The lowest BCUT2D eigenvalue weighted by Gasteiger charge is -2.06. The second kappa shape index (κ2) is 8.84. The number of hydrogen-bond donors (Lipinski definition) is 2. The van der Waals surface area contributed by atoms with E-state index in [2.05, 4.69) is 10.6 Å². The van der Waals surface area contributed by atoms with Gasteiger partial charge in [0, 0.05) is 18.8 Å². The highest BCUT2D eigenvalue weighted by Gasteiger charge is 2.17. The van der Waals surface area contributed by atoms with Crippen molar-refractivity contribution in [3.63, 3.8) is 0 Å². The fourth-order valence-electron chi connectivity index (χ4n) is 2.09. The Morgan fingerprint density at radius 3 is 2.58 bits per heavy atom. The second-order valence-electron chi connectivity index (χ2n) is 5.13. The molecule has 0 aliphatic carbocycles. The Balaban J connectivity index is 2.03. The Labute approximate surface area is 149 Å². The molecule has 2 N–H and O–H groups in total. The predicted molar refractivity (Wildman–Crippen MR) is 95.3 cm³/mol. The normalized spacial score (nSPS) is 10.5. The molecule has 8 heteroatoms. The van der Waals surface area contributed by atoms with Crippen molar-refractivity contribution >= 4 is 17.3 Å². The molecule has 8 nitrogen and oxygen atoms in total. The van der Waals surface area contributed by atoms with Crippen LogP contribution in [0.4, 0.5) is 11.4 Å². The van der Waals surface area contributed by atoms with Crippen LogP contribution >= 0.6 is 0 Å².